The highest BCUT2D eigenvalue weighted by Crippen LogP contribution is 2.11. The standard InChI is InChI=1S/C15H28N2OS/c1-3-5-6-7-8-10-18-12-14-13-19-15(17-14)11-16-9-4-2/h13,16H,3-12H2,1-2H3. The number of thiazole rings is 1. The molecule has 0 aromatic carbocycles. The highest BCUT2D eigenvalue weighted by Gasteiger charge is 2.01. The fraction of sp³-hybridized carbons (Fsp3) is 0.800. The smallest absolute Gasteiger partial charge is 0.107 e. The summed E-state index contributed by atoms with van der Waals surface area (Å²) in [6.45, 7) is 7.89. The van der Waals surface area contributed by atoms with Gasteiger partial charge in [0.2, 0.25) is 0 Å². The van der Waals surface area contributed by atoms with Crippen LogP contribution in [0.5, 0.6) is 0 Å². The molecular weight excluding hydrogens is 256 g/mol. The van der Waals surface area contributed by atoms with Crippen LogP contribution in [0.25, 0.3) is 0 Å². The van der Waals surface area contributed by atoms with Crippen LogP contribution in [0, 0.1) is 0 Å². The fourth-order valence-corrected chi connectivity index (χ4v) is 2.60. The number of rotatable bonds is 12. The molecule has 0 amide bonds. The van der Waals surface area contributed by atoms with E-state index in [-0.39, 0.29) is 0 Å². The van der Waals surface area contributed by atoms with E-state index in [2.05, 4.69) is 29.5 Å². The van der Waals surface area contributed by atoms with Crippen LogP contribution in [0.2, 0.25) is 0 Å². The van der Waals surface area contributed by atoms with E-state index in [4.69, 9.17) is 4.74 Å². The summed E-state index contributed by atoms with van der Waals surface area (Å²) in [6.07, 6.45) is 7.62. The van der Waals surface area contributed by atoms with Gasteiger partial charge in [-0.05, 0) is 19.4 Å². The van der Waals surface area contributed by atoms with E-state index in [1.54, 1.807) is 11.3 Å². The van der Waals surface area contributed by atoms with E-state index in [9.17, 15) is 0 Å². The van der Waals surface area contributed by atoms with Crippen LogP contribution in [0.15, 0.2) is 5.38 Å². The number of hydrogen-bond acceptors (Lipinski definition) is 4. The third kappa shape index (κ3) is 8.35. The van der Waals surface area contributed by atoms with Gasteiger partial charge >= 0.3 is 0 Å². The first-order valence-electron chi connectivity index (χ1n) is 7.58. The zero-order chi connectivity index (χ0) is 13.8. The third-order valence-corrected chi connectivity index (χ3v) is 3.84. The molecule has 1 rings (SSSR count). The summed E-state index contributed by atoms with van der Waals surface area (Å²) < 4.78 is 5.66. The quantitative estimate of drug-likeness (QED) is 0.586. The monoisotopic (exact) mass is 284 g/mol. The number of nitrogens with one attached hydrogen (secondary N) is 1. The van der Waals surface area contributed by atoms with Crippen molar-refractivity contribution in [3.63, 3.8) is 0 Å². The van der Waals surface area contributed by atoms with Gasteiger partial charge in [0, 0.05) is 18.5 Å². The lowest BCUT2D eigenvalue weighted by Gasteiger charge is -2.02. The molecule has 0 fully saturated rings. The van der Waals surface area contributed by atoms with Gasteiger partial charge in [-0.15, -0.1) is 11.3 Å². The second kappa shape index (κ2) is 11.4. The van der Waals surface area contributed by atoms with Gasteiger partial charge in [0.25, 0.3) is 0 Å². The molecule has 0 atom stereocenters. The highest BCUT2D eigenvalue weighted by atomic mass is 32.1. The zero-order valence-electron chi connectivity index (χ0n) is 12.4. The number of aromatic nitrogens is 1. The van der Waals surface area contributed by atoms with E-state index >= 15 is 0 Å². The Balaban J connectivity index is 2.03. The lowest BCUT2D eigenvalue weighted by molar-refractivity contribution is 0.114. The van der Waals surface area contributed by atoms with E-state index in [0.717, 1.165) is 30.4 Å². The topological polar surface area (TPSA) is 34.1 Å². The molecule has 1 aromatic rings. The van der Waals surface area contributed by atoms with Crippen LogP contribution in [0.4, 0.5) is 0 Å². The van der Waals surface area contributed by atoms with Crippen LogP contribution in [0.3, 0.4) is 0 Å². The minimum atomic E-state index is 0.665. The number of nitrogens with zero attached hydrogens (tertiary/aromatic N) is 1. The van der Waals surface area contributed by atoms with Crippen molar-refractivity contribution in [1.82, 2.24) is 10.3 Å². The first-order valence-corrected chi connectivity index (χ1v) is 8.46. The molecule has 0 aliphatic heterocycles. The Kier molecular flexibility index (Phi) is 9.95. The molecule has 0 saturated heterocycles. The number of unbranched alkanes of at least 4 members (excludes halogenated alkanes) is 4. The van der Waals surface area contributed by atoms with Crippen molar-refractivity contribution >= 4 is 11.3 Å². The van der Waals surface area contributed by atoms with Crippen molar-refractivity contribution < 1.29 is 4.74 Å². The van der Waals surface area contributed by atoms with Crippen molar-refractivity contribution in [2.45, 2.75) is 65.5 Å². The Morgan fingerprint density at radius 1 is 1.16 bits per heavy atom. The van der Waals surface area contributed by atoms with Gasteiger partial charge in [0.1, 0.15) is 5.01 Å². The second-order valence-electron chi connectivity index (χ2n) is 4.88. The van der Waals surface area contributed by atoms with Gasteiger partial charge < -0.3 is 10.1 Å². The van der Waals surface area contributed by atoms with Gasteiger partial charge in [-0.2, -0.15) is 0 Å². The van der Waals surface area contributed by atoms with Gasteiger partial charge in [-0.1, -0.05) is 39.5 Å². The van der Waals surface area contributed by atoms with Crippen LogP contribution < -0.4 is 5.32 Å². The van der Waals surface area contributed by atoms with Crippen molar-refractivity contribution in [3.05, 3.63) is 16.1 Å². The molecule has 0 saturated carbocycles. The maximum atomic E-state index is 5.66. The molecule has 0 aliphatic rings. The van der Waals surface area contributed by atoms with Crippen molar-refractivity contribution in [2.24, 2.45) is 0 Å². The van der Waals surface area contributed by atoms with Crippen LogP contribution >= 0.6 is 11.3 Å². The van der Waals surface area contributed by atoms with Crippen molar-refractivity contribution in [2.75, 3.05) is 13.2 Å². The molecule has 4 heteroatoms. The first kappa shape index (κ1) is 16.6. The Hall–Kier alpha value is -0.450. The summed E-state index contributed by atoms with van der Waals surface area (Å²) in [4.78, 5) is 4.56. The summed E-state index contributed by atoms with van der Waals surface area (Å²) in [5.74, 6) is 0. The Labute approximate surface area is 121 Å². The molecule has 0 spiro atoms. The lowest BCUT2D eigenvalue weighted by atomic mass is 10.2. The summed E-state index contributed by atoms with van der Waals surface area (Å²) in [5.41, 5.74) is 1.08. The predicted molar refractivity (Wildman–Crippen MR) is 82.5 cm³/mol. The van der Waals surface area contributed by atoms with Crippen LogP contribution in [0.1, 0.15) is 63.1 Å². The average molecular weight is 284 g/mol. The molecule has 19 heavy (non-hydrogen) atoms. The van der Waals surface area contributed by atoms with E-state index in [1.165, 1.54) is 38.5 Å². The third-order valence-electron chi connectivity index (χ3n) is 2.94. The normalized spacial score (nSPS) is 11.1. The predicted octanol–water partition coefficient (Wildman–Crippen LogP) is 4.13. The molecular formula is C15H28N2OS. The van der Waals surface area contributed by atoms with Crippen LogP contribution in [-0.2, 0) is 17.9 Å². The van der Waals surface area contributed by atoms with Gasteiger partial charge in [-0.3, -0.25) is 0 Å². The van der Waals surface area contributed by atoms with Gasteiger partial charge in [-0.25, -0.2) is 4.98 Å². The van der Waals surface area contributed by atoms with Gasteiger partial charge in [0.05, 0.1) is 12.3 Å². The molecule has 0 aliphatic carbocycles. The maximum absolute atomic E-state index is 5.66. The van der Waals surface area contributed by atoms with Gasteiger partial charge in [0.15, 0.2) is 0 Å². The summed E-state index contributed by atoms with van der Waals surface area (Å²) in [7, 11) is 0. The molecule has 0 radical (unpaired) electrons. The second-order valence-corrected chi connectivity index (χ2v) is 5.82. The Bertz CT molecular complexity index is 315. The molecule has 110 valence electrons. The van der Waals surface area contributed by atoms with Crippen molar-refractivity contribution in [1.29, 1.82) is 0 Å². The summed E-state index contributed by atoms with van der Waals surface area (Å²) in [6, 6.07) is 0. The Morgan fingerprint density at radius 3 is 2.79 bits per heavy atom. The van der Waals surface area contributed by atoms with Crippen LogP contribution in [-0.4, -0.2) is 18.1 Å². The van der Waals surface area contributed by atoms with Crippen molar-refractivity contribution in [3.8, 4) is 0 Å². The van der Waals surface area contributed by atoms with E-state index in [0.29, 0.717) is 6.61 Å². The average Bonchev–Trinajstić information content (AvgIpc) is 2.86. The Morgan fingerprint density at radius 2 is 2.00 bits per heavy atom. The molecule has 1 aromatic heterocycles. The molecule has 1 N–H and O–H groups in total. The largest absolute Gasteiger partial charge is 0.375 e. The maximum Gasteiger partial charge on any atom is 0.107 e. The fourth-order valence-electron chi connectivity index (χ4n) is 1.85. The SMILES string of the molecule is CCCCCCCOCc1csc(CNCCC)n1. The molecule has 0 bridgehead atoms. The summed E-state index contributed by atoms with van der Waals surface area (Å²) >= 11 is 1.72. The van der Waals surface area contributed by atoms with E-state index < -0.39 is 0 Å². The van der Waals surface area contributed by atoms with E-state index in [1.807, 2.05) is 0 Å². The molecule has 1 heterocycles. The zero-order valence-corrected chi connectivity index (χ0v) is 13.2. The minimum absolute atomic E-state index is 0.665. The molecule has 3 nitrogen and oxygen atoms in total. The highest BCUT2D eigenvalue weighted by molar-refractivity contribution is 7.09. The minimum Gasteiger partial charge on any atom is -0.375 e. The number of ether oxygens (including phenoxy) is 1. The summed E-state index contributed by atoms with van der Waals surface area (Å²) in [5, 5.41) is 6.64. The first-order chi connectivity index (χ1) is 9.36. The molecule has 0 unspecified atom stereocenters. The lowest BCUT2D eigenvalue weighted by Crippen LogP contribution is -2.13. The number of hydrogen-bond donors (Lipinski definition) is 1.